The van der Waals surface area contributed by atoms with Gasteiger partial charge in [-0.3, -0.25) is 0 Å². The van der Waals surface area contributed by atoms with E-state index in [1.165, 1.54) is 0 Å². The Labute approximate surface area is 102 Å². The van der Waals surface area contributed by atoms with E-state index in [9.17, 15) is 0 Å². The van der Waals surface area contributed by atoms with Crippen LogP contribution in [0.1, 0.15) is 13.8 Å². The highest BCUT2D eigenvalue weighted by Crippen LogP contribution is 2.34. The summed E-state index contributed by atoms with van der Waals surface area (Å²) >= 11 is 10.0. The lowest BCUT2D eigenvalue weighted by molar-refractivity contribution is 0.238. The molecule has 0 saturated carbocycles. The monoisotopic (exact) mass is 371 g/mol. The van der Waals surface area contributed by atoms with Crippen LogP contribution in [0.3, 0.4) is 0 Å². The Morgan fingerprint density at radius 2 is 1.92 bits per heavy atom. The molecule has 1 aromatic rings. The van der Waals surface area contributed by atoms with Gasteiger partial charge in [-0.25, -0.2) is 4.98 Å². The molecule has 0 atom stereocenters. The van der Waals surface area contributed by atoms with Crippen molar-refractivity contribution in [2.24, 2.45) is 0 Å². The van der Waals surface area contributed by atoms with Crippen LogP contribution in [0, 0.1) is 0 Å². The Kier molecular flexibility index (Phi) is 4.19. The van der Waals surface area contributed by atoms with E-state index in [-0.39, 0.29) is 6.10 Å². The summed E-state index contributed by atoms with van der Waals surface area (Å²) in [5, 5.41) is 0. The van der Waals surface area contributed by atoms with E-state index in [4.69, 9.17) is 4.74 Å². The summed E-state index contributed by atoms with van der Waals surface area (Å²) in [5.74, 6) is 0.734. The highest BCUT2D eigenvalue weighted by molar-refractivity contribution is 9.11. The minimum atomic E-state index is 0.135. The summed E-state index contributed by atoms with van der Waals surface area (Å²) in [6, 6.07) is 1.85. The SMILES string of the molecule is CC(C)Oc1c(Br)cc(Br)nc1Br. The third-order valence-corrected chi connectivity index (χ3v) is 2.74. The molecule has 2 nitrogen and oxygen atoms in total. The van der Waals surface area contributed by atoms with Gasteiger partial charge in [0.05, 0.1) is 10.6 Å². The third kappa shape index (κ3) is 3.22. The van der Waals surface area contributed by atoms with Crippen LogP contribution in [0.15, 0.2) is 19.7 Å². The fourth-order valence-electron chi connectivity index (χ4n) is 0.786. The zero-order chi connectivity index (χ0) is 10.0. The molecule has 1 rings (SSSR count). The van der Waals surface area contributed by atoms with Crippen molar-refractivity contribution in [2.75, 3.05) is 0 Å². The van der Waals surface area contributed by atoms with E-state index in [2.05, 4.69) is 52.8 Å². The van der Waals surface area contributed by atoms with Gasteiger partial charge in [-0.2, -0.15) is 0 Å². The predicted octanol–water partition coefficient (Wildman–Crippen LogP) is 4.16. The van der Waals surface area contributed by atoms with Crippen LogP contribution in [-0.4, -0.2) is 11.1 Å². The highest BCUT2D eigenvalue weighted by Gasteiger charge is 2.10. The van der Waals surface area contributed by atoms with Crippen molar-refractivity contribution >= 4 is 47.8 Å². The van der Waals surface area contributed by atoms with Crippen LogP contribution < -0.4 is 4.74 Å². The largest absolute Gasteiger partial charge is 0.487 e. The summed E-state index contributed by atoms with van der Waals surface area (Å²) in [5.41, 5.74) is 0. The van der Waals surface area contributed by atoms with Crippen LogP contribution in [-0.2, 0) is 0 Å². The summed E-state index contributed by atoms with van der Waals surface area (Å²) in [6.45, 7) is 3.95. The molecule has 5 heteroatoms. The van der Waals surface area contributed by atoms with Crippen LogP contribution >= 0.6 is 47.8 Å². The van der Waals surface area contributed by atoms with Crippen LogP contribution in [0.2, 0.25) is 0 Å². The summed E-state index contributed by atoms with van der Waals surface area (Å²) in [4.78, 5) is 4.17. The number of nitrogens with zero attached hydrogens (tertiary/aromatic N) is 1. The van der Waals surface area contributed by atoms with E-state index in [1.807, 2.05) is 19.9 Å². The van der Waals surface area contributed by atoms with Gasteiger partial charge in [-0.05, 0) is 67.7 Å². The number of rotatable bonds is 2. The topological polar surface area (TPSA) is 22.1 Å². The molecule has 0 bridgehead atoms. The Bertz CT molecular complexity index is 291. The average molecular weight is 374 g/mol. The van der Waals surface area contributed by atoms with Crippen molar-refractivity contribution in [3.05, 3.63) is 19.7 Å². The normalized spacial score (nSPS) is 10.6. The highest BCUT2D eigenvalue weighted by atomic mass is 79.9. The maximum absolute atomic E-state index is 5.55. The van der Waals surface area contributed by atoms with E-state index in [0.717, 1.165) is 14.8 Å². The molecular formula is C8H8Br3NO. The maximum atomic E-state index is 5.55. The van der Waals surface area contributed by atoms with Crippen molar-refractivity contribution < 1.29 is 4.74 Å². The zero-order valence-electron chi connectivity index (χ0n) is 7.14. The summed E-state index contributed by atoms with van der Waals surface area (Å²) in [6.07, 6.45) is 0.135. The Morgan fingerprint density at radius 3 is 2.38 bits per heavy atom. The molecule has 0 N–H and O–H groups in total. The molecule has 0 aromatic carbocycles. The molecule has 72 valence electrons. The van der Waals surface area contributed by atoms with E-state index in [0.29, 0.717) is 4.60 Å². The molecule has 0 aliphatic heterocycles. The number of aromatic nitrogens is 1. The molecule has 13 heavy (non-hydrogen) atoms. The predicted molar refractivity (Wildman–Crippen MR) is 63.1 cm³/mol. The van der Waals surface area contributed by atoms with Gasteiger partial charge in [0, 0.05) is 0 Å². The van der Waals surface area contributed by atoms with Crippen molar-refractivity contribution in [2.45, 2.75) is 20.0 Å². The lowest BCUT2D eigenvalue weighted by Gasteiger charge is -2.12. The molecule has 0 amide bonds. The maximum Gasteiger partial charge on any atom is 0.166 e. The summed E-state index contributed by atoms with van der Waals surface area (Å²) in [7, 11) is 0. The average Bonchev–Trinajstić information content (AvgIpc) is 1.96. The molecule has 0 saturated heterocycles. The van der Waals surface area contributed by atoms with Crippen molar-refractivity contribution in [1.29, 1.82) is 0 Å². The van der Waals surface area contributed by atoms with Gasteiger partial charge < -0.3 is 4.74 Å². The zero-order valence-corrected chi connectivity index (χ0v) is 11.9. The minimum Gasteiger partial charge on any atom is -0.487 e. The first-order valence-corrected chi connectivity index (χ1v) is 6.07. The Morgan fingerprint density at radius 1 is 1.31 bits per heavy atom. The molecule has 0 radical (unpaired) electrons. The number of pyridine rings is 1. The first kappa shape index (κ1) is 11.5. The summed E-state index contributed by atoms with van der Waals surface area (Å²) < 4.78 is 7.90. The Hall–Kier alpha value is 0.390. The molecular weight excluding hydrogens is 366 g/mol. The quantitative estimate of drug-likeness (QED) is 0.726. The molecule has 1 heterocycles. The van der Waals surface area contributed by atoms with Crippen LogP contribution in [0.25, 0.3) is 0 Å². The lowest BCUT2D eigenvalue weighted by atomic mass is 10.4. The molecule has 1 aromatic heterocycles. The number of halogens is 3. The van der Waals surface area contributed by atoms with Crippen molar-refractivity contribution in [3.8, 4) is 5.75 Å². The smallest absolute Gasteiger partial charge is 0.166 e. The Balaban J connectivity index is 3.06. The molecule has 0 spiro atoms. The first-order valence-electron chi connectivity index (χ1n) is 3.69. The number of hydrogen-bond acceptors (Lipinski definition) is 2. The van der Waals surface area contributed by atoms with E-state index < -0.39 is 0 Å². The molecule has 0 fully saturated rings. The van der Waals surface area contributed by atoms with E-state index >= 15 is 0 Å². The first-order chi connectivity index (χ1) is 6.00. The lowest BCUT2D eigenvalue weighted by Crippen LogP contribution is -2.07. The fourth-order valence-corrected chi connectivity index (χ4v) is 3.00. The second-order valence-corrected chi connectivity index (χ2v) is 5.13. The number of hydrogen-bond donors (Lipinski definition) is 0. The van der Waals surface area contributed by atoms with Gasteiger partial charge in [0.1, 0.15) is 9.21 Å². The molecule has 0 unspecified atom stereocenters. The van der Waals surface area contributed by atoms with Crippen molar-refractivity contribution in [3.63, 3.8) is 0 Å². The van der Waals surface area contributed by atoms with Crippen LogP contribution in [0.4, 0.5) is 0 Å². The van der Waals surface area contributed by atoms with Gasteiger partial charge >= 0.3 is 0 Å². The van der Waals surface area contributed by atoms with Crippen LogP contribution in [0.5, 0.6) is 5.75 Å². The fraction of sp³-hybridized carbons (Fsp3) is 0.375. The second-order valence-electron chi connectivity index (χ2n) is 2.71. The van der Waals surface area contributed by atoms with Gasteiger partial charge in [0.15, 0.2) is 5.75 Å². The van der Waals surface area contributed by atoms with Gasteiger partial charge in [-0.15, -0.1) is 0 Å². The standard InChI is InChI=1S/C8H8Br3NO/c1-4(2)13-7-5(9)3-6(10)12-8(7)11/h3-4H,1-2H3. The second kappa shape index (κ2) is 4.75. The van der Waals surface area contributed by atoms with Crippen molar-refractivity contribution in [1.82, 2.24) is 4.98 Å². The van der Waals surface area contributed by atoms with E-state index in [1.54, 1.807) is 0 Å². The third-order valence-electron chi connectivity index (χ3n) is 1.21. The molecule has 0 aliphatic carbocycles. The van der Waals surface area contributed by atoms with Gasteiger partial charge in [-0.1, -0.05) is 0 Å². The number of ether oxygens (including phenoxy) is 1. The minimum absolute atomic E-state index is 0.135. The van der Waals surface area contributed by atoms with Gasteiger partial charge in [0.2, 0.25) is 0 Å². The molecule has 0 aliphatic rings. The van der Waals surface area contributed by atoms with Gasteiger partial charge in [0.25, 0.3) is 0 Å².